The number of hydrogen-bond acceptors (Lipinski definition) is 3. The van der Waals surface area contributed by atoms with Crippen molar-refractivity contribution >= 4 is 0 Å². The number of rotatable bonds is 4. The van der Waals surface area contributed by atoms with Crippen molar-refractivity contribution < 1.29 is 14.6 Å². The topological polar surface area (TPSA) is 42.0 Å². The first-order valence-corrected chi connectivity index (χ1v) is 6.18. The Morgan fingerprint density at radius 3 is 2.82 bits per heavy atom. The van der Waals surface area contributed by atoms with Crippen LogP contribution in [0.2, 0.25) is 0 Å². The zero-order chi connectivity index (χ0) is 11.9. The molecule has 2 aliphatic rings. The number of hydrogen-bond donors (Lipinski definition) is 1. The van der Waals surface area contributed by atoms with Gasteiger partial charge in [-0.15, -0.1) is 0 Å². The first-order valence-electron chi connectivity index (χ1n) is 6.18. The minimum absolute atomic E-state index is 0.225. The lowest BCUT2D eigenvalue weighted by Gasteiger charge is -2.20. The van der Waals surface area contributed by atoms with Crippen molar-refractivity contribution in [2.75, 3.05) is 6.61 Å². The molecule has 0 aromatic heterocycles. The number of ether oxygens (including phenoxy) is 2. The predicted octanol–water partition coefficient (Wildman–Crippen LogP) is 1.74. The lowest BCUT2D eigenvalue weighted by atomic mass is 10.0. The summed E-state index contributed by atoms with van der Waals surface area (Å²) in [6.07, 6.45) is 0.804. The molecule has 0 amide bonds. The first kappa shape index (κ1) is 11.2. The van der Waals surface area contributed by atoms with Crippen molar-refractivity contribution in [2.24, 2.45) is 5.92 Å². The Balaban J connectivity index is 1.47. The molecular formula is C14H18O3. The number of benzene rings is 1. The van der Waals surface area contributed by atoms with Gasteiger partial charge in [0, 0.05) is 5.92 Å². The monoisotopic (exact) mass is 234 g/mol. The van der Waals surface area contributed by atoms with Crippen molar-refractivity contribution in [2.45, 2.75) is 37.8 Å². The van der Waals surface area contributed by atoms with Gasteiger partial charge in [-0.25, -0.2) is 0 Å². The van der Waals surface area contributed by atoms with Gasteiger partial charge in [-0.2, -0.15) is 0 Å². The van der Waals surface area contributed by atoms with Crippen LogP contribution in [0.15, 0.2) is 30.3 Å². The van der Waals surface area contributed by atoms with E-state index in [4.69, 9.17) is 9.47 Å². The van der Waals surface area contributed by atoms with Crippen LogP contribution in [0.5, 0.6) is 0 Å². The molecule has 3 heteroatoms. The van der Waals surface area contributed by atoms with Crippen molar-refractivity contribution in [1.82, 2.24) is 0 Å². The third-order valence-corrected chi connectivity index (χ3v) is 3.97. The second-order valence-electron chi connectivity index (χ2n) is 5.23. The molecule has 4 atom stereocenters. The molecule has 1 saturated carbocycles. The van der Waals surface area contributed by atoms with Crippen LogP contribution in [0.4, 0.5) is 0 Å². The van der Waals surface area contributed by atoms with Gasteiger partial charge in [0.05, 0.1) is 25.4 Å². The summed E-state index contributed by atoms with van der Waals surface area (Å²) in [5, 5.41) is 10.1. The van der Waals surface area contributed by atoms with Gasteiger partial charge in [-0.1, -0.05) is 30.3 Å². The molecule has 1 aromatic carbocycles. The highest BCUT2D eigenvalue weighted by Gasteiger charge is 2.65. The molecule has 1 aliphatic carbocycles. The van der Waals surface area contributed by atoms with Gasteiger partial charge >= 0.3 is 0 Å². The maximum atomic E-state index is 10.1. The summed E-state index contributed by atoms with van der Waals surface area (Å²) in [6.45, 7) is 3.22. The van der Waals surface area contributed by atoms with Crippen LogP contribution in [-0.4, -0.2) is 29.5 Å². The number of fused-ring (bicyclic) bond motifs is 1. The highest BCUT2D eigenvalue weighted by molar-refractivity contribution is 5.14. The minimum atomic E-state index is -0.372. The molecule has 1 N–H and O–H groups in total. The Hall–Kier alpha value is -0.900. The van der Waals surface area contributed by atoms with Gasteiger partial charge in [-0.3, -0.25) is 0 Å². The molecule has 0 spiro atoms. The van der Waals surface area contributed by atoms with Crippen LogP contribution < -0.4 is 0 Å². The highest BCUT2D eigenvalue weighted by Crippen LogP contribution is 2.52. The molecule has 0 unspecified atom stereocenters. The average Bonchev–Trinajstić information content (AvgIpc) is 2.94. The maximum absolute atomic E-state index is 10.1. The number of aliphatic hydroxyl groups is 1. The normalized spacial score (nSPS) is 39.1. The van der Waals surface area contributed by atoms with Crippen LogP contribution in [0.1, 0.15) is 18.9 Å². The minimum Gasteiger partial charge on any atom is -0.390 e. The van der Waals surface area contributed by atoms with Gasteiger partial charge in [0.25, 0.3) is 0 Å². The van der Waals surface area contributed by atoms with E-state index in [0.717, 1.165) is 6.42 Å². The summed E-state index contributed by atoms with van der Waals surface area (Å²) in [7, 11) is 0. The average molecular weight is 234 g/mol. The quantitative estimate of drug-likeness (QED) is 0.807. The number of epoxide rings is 1. The SMILES string of the molecule is C[C@@]12O[C@@H]1C[C@@H](COCc1ccccc1)[C@@H]2O. The lowest BCUT2D eigenvalue weighted by Crippen LogP contribution is -2.31. The zero-order valence-electron chi connectivity index (χ0n) is 10.0. The molecule has 92 valence electrons. The van der Waals surface area contributed by atoms with Crippen LogP contribution in [0, 0.1) is 5.92 Å². The van der Waals surface area contributed by atoms with E-state index in [1.54, 1.807) is 0 Å². The van der Waals surface area contributed by atoms with E-state index in [1.807, 2.05) is 37.3 Å². The molecule has 17 heavy (non-hydrogen) atoms. The van der Waals surface area contributed by atoms with E-state index < -0.39 is 0 Å². The third-order valence-electron chi connectivity index (χ3n) is 3.97. The molecule has 3 rings (SSSR count). The summed E-state index contributed by atoms with van der Waals surface area (Å²) in [4.78, 5) is 0. The van der Waals surface area contributed by atoms with Gasteiger partial charge in [0.15, 0.2) is 0 Å². The van der Waals surface area contributed by atoms with E-state index in [0.29, 0.717) is 13.2 Å². The molecule has 0 bridgehead atoms. The van der Waals surface area contributed by atoms with Gasteiger partial charge < -0.3 is 14.6 Å². The molecule has 1 heterocycles. The molecule has 1 aromatic rings. The second-order valence-corrected chi connectivity index (χ2v) is 5.23. The fraction of sp³-hybridized carbons (Fsp3) is 0.571. The highest BCUT2D eigenvalue weighted by atomic mass is 16.6. The molecule has 1 saturated heterocycles. The second kappa shape index (κ2) is 4.09. The van der Waals surface area contributed by atoms with Crippen molar-refractivity contribution in [3.8, 4) is 0 Å². The molecule has 0 radical (unpaired) electrons. The molecular weight excluding hydrogens is 216 g/mol. The Morgan fingerprint density at radius 1 is 1.41 bits per heavy atom. The Morgan fingerprint density at radius 2 is 2.18 bits per heavy atom. The first-order chi connectivity index (χ1) is 8.20. The third kappa shape index (κ3) is 1.99. The van der Waals surface area contributed by atoms with Crippen molar-refractivity contribution in [1.29, 1.82) is 0 Å². The predicted molar refractivity (Wildman–Crippen MR) is 63.5 cm³/mol. The van der Waals surface area contributed by atoms with Gasteiger partial charge in [0.1, 0.15) is 5.60 Å². The van der Waals surface area contributed by atoms with E-state index >= 15 is 0 Å². The van der Waals surface area contributed by atoms with Crippen LogP contribution in [-0.2, 0) is 16.1 Å². The standard InChI is InChI=1S/C14H18O3/c1-14-12(17-14)7-11(13(14)15)9-16-8-10-5-3-2-4-6-10/h2-6,11-13,15H,7-9H2,1H3/t11-,12+,13-,14+/m0/s1. The lowest BCUT2D eigenvalue weighted by molar-refractivity contribution is -0.0157. The van der Waals surface area contributed by atoms with E-state index in [-0.39, 0.29) is 23.7 Å². The molecule has 1 aliphatic heterocycles. The summed E-state index contributed by atoms with van der Waals surface area (Å²) in [5.74, 6) is 0.225. The Bertz CT molecular complexity index is 392. The Kier molecular flexibility index (Phi) is 2.69. The largest absolute Gasteiger partial charge is 0.390 e. The summed E-state index contributed by atoms with van der Waals surface area (Å²) in [6, 6.07) is 10.1. The van der Waals surface area contributed by atoms with Gasteiger partial charge in [-0.05, 0) is 18.9 Å². The van der Waals surface area contributed by atoms with Crippen LogP contribution in [0.25, 0.3) is 0 Å². The van der Waals surface area contributed by atoms with Crippen molar-refractivity contribution in [3.05, 3.63) is 35.9 Å². The van der Waals surface area contributed by atoms with Crippen LogP contribution in [0.3, 0.4) is 0 Å². The fourth-order valence-corrected chi connectivity index (χ4v) is 2.75. The summed E-state index contributed by atoms with van der Waals surface area (Å²) < 4.78 is 11.1. The van der Waals surface area contributed by atoms with E-state index in [1.165, 1.54) is 5.56 Å². The van der Waals surface area contributed by atoms with Crippen molar-refractivity contribution in [3.63, 3.8) is 0 Å². The number of aliphatic hydroxyl groups excluding tert-OH is 1. The summed E-state index contributed by atoms with van der Waals surface area (Å²) in [5.41, 5.74) is 0.897. The summed E-state index contributed by atoms with van der Waals surface area (Å²) >= 11 is 0. The van der Waals surface area contributed by atoms with E-state index in [9.17, 15) is 5.11 Å². The smallest absolute Gasteiger partial charge is 0.118 e. The Labute approximate surface area is 101 Å². The molecule has 2 fully saturated rings. The fourth-order valence-electron chi connectivity index (χ4n) is 2.75. The zero-order valence-corrected chi connectivity index (χ0v) is 10.0. The van der Waals surface area contributed by atoms with E-state index in [2.05, 4.69) is 0 Å². The van der Waals surface area contributed by atoms with Gasteiger partial charge in [0.2, 0.25) is 0 Å². The molecule has 3 nitrogen and oxygen atoms in total. The van der Waals surface area contributed by atoms with Crippen LogP contribution >= 0.6 is 0 Å². The maximum Gasteiger partial charge on any atom is 0.118 e.